The minimum Gasteiger partial charge on any atom is -0.497 e. The van der Waals surface area contributed by atoms with Crippen molar-refractivity contribution in [1.29, 1.82) is 0 Å². The lowest BCUT2D eigenvalue weighted by Crippen LogP contribution is -2.25. The molecule has 1 aliphatic rings. The average Bonchev–Trinajstić information content (AvgIpc) is 2.94. The van der Waals surface area contributed by atoms with Crippen LogP contribution < -0.4 is 9.47 Å². The summed E-state index contributed by atoms with van der Waals surface area (Å²) >= 11 is 0. The van der Waals surface area contributed by atoms with E-state index in [4.69, 9.17) is 14.6 Å². The second kappa shape index (κ2) is 7.31. The van der Waals surface area contributed by atoms with E-state index >= 15 is 0 Å². The lowest BCUT2D eigenvalue weighted by atomic mass is 10.0. The number of benzene rings is 1. The topological polar surface area (TPSA) is 59.0 Å². The number of rotatable bonds is 7. The van der Waals surface area contributed by atoms with Crippen LogP contribution in [-0.2, 0) is 4.79 Å². The van der Waals surface area contributed by atoms with E-state index < -0.39 is 5.97 Å². The van der Waals surface area contributed by atoms with E-state index in [1.165, 1.54) is 0 Å². The number of hydrogen-bond donors (Lipinski definition) is 1. The Morgan fingerprint density at radius 3 is 2.86 bits per heavy atom. The van der Waals surface area contributed by atoms with Gasteiger partial charge in [0, 0.05) is 24.1 Å². The molecule has 0 spiro atoms. The van der Waals surface area contributed by atoms with Crippen molar-refractivity contribution in [3.05, 3.63) is 23.8 Å². The standard InChI is InChI=1S/C16H23NO4/c1-20-12-7-8-13(15(11-12)21-2)14-5-3-9-17(14)10-4-6-16(18)19/h7-8,11,14H,3-6,9-10H2,1-2H3,(H,18,19)/t14-/m0/s1. The monoisotopic (exact) mass is 293 g/mol. The Hall–Kier alpha value is -1.75. The van der Waals surface area contributed by atoms with Crippen LogP contribution in [0.5, 0.6) is 11.5 Å². The number of carbonyl (C=O) groups is 1. The van der Waals surface area contributed by atoms with Crippen LogP contribution in [0.2, 0.25) is 0 Å². The molecule has 1 aromatic carbocycles. The maximum absolute atomic E-state index is 10.6. The van der Waals surface area contributed by atoms with Gasteiger partial charge < -0.3 is 14.6 Å². The summed E-state index contributed by atoms with van der Waals surface area (Å²) in [4.78, 5) is 13.0. The van der Waals surface area contributed by atoms with E-state index in [0.29, 0.717) is 12.5 Å². The first-order valence-corrected chi connectivity index (χ1v) is 7.33. The highest BCUT2D eigenvalue weighted by molar-refractivity contribution is 5.66. The van der Waals surface area contributed by atoms with E-state index in [1.54, 1.807) is 14.2 Å². The van der Waals surface area contributed by atoms with Crippen LogP contribution in [0.1, 0.15) is 37.3 Å². The summed E-state index contributed by atoms with van der Waals surface area (Å²) < 4.78 is 10.7. The van der Waals surface area contributed by atoms with Crippen molar-refractivity contribution in [1.82, 2.24) is 4.90 Å². The molecule has 0 amide bonds. The second-order valence-electron chi connectivity index (χ2n) is 5.30. The molecule has 1 atom stereocenters. The summed E-state index contributed by atoms with van der Waals surface area (Å²) in [5, 5.41) is 8.76. The number of likely N-dealkylation sites (tertiary alicyclic amines) is 1. The molecular weight excluding hydrogens is 270 g/mol. The number of carboxylic acid groups (broad SMARTS) is 1. The summed E-state index contributed by atoms with van der Waals surface area (Å²) in [7, 11) is 3.31. The molecular formula is C16H23NO4. The summed E-state index contributed by atoms with van der Waals surface area (Å²) in [6.45, 7) is 1.83. The maximum atomic E-state index is 10.6. The van der Waals surface area contributed by atoms with Crippen LogP contribution in [0.15, 0.2) is 18.2 Å². The molecule has 21 heavy (non-hydrogen) atoms. The Morgan fingerprint density at radius 2 is 2.19 bits per heavy atom. The van der Waals surface area contributed by atoms with E-state index in [0.717, 1.165) is 43.0 Å². The lowest BCUT2D eigenvalue weighted by molar-refractivity contribution is -0.137. The summed E-state index contributed by atoms with van der Waals surface area (Å²) in [5.74, 6) is 0.892. The van der Waals surface area contributed by atoms with Gasteiger partial charge in [0.2, 0.25) is 0 Å². The number of ether oxygens (including phenoxy) is 2. The predicted molar refractivity (Wildman–Crippen MR) is 80.0 cm³/mol. The van der Waals surface area contributed by atoms with Crippen molar-refractivity contribution in [2.75, 3.05) is 27.3 Å². The zero-order valence-electron chi connectivity index (χ0n) is 12.7. The fraction of sp³-hybridized carbons (Fsp3) is 0.562. The second-order valence-corrected chi connectivity index (χ2v) is 5.30. The van der Waals surface area contributed by atoms with Gasteiger partial charge in [0.1, 0.15) is 11.5 Å². The molecule has 0 unspecified atom stereocenters. The van der Waals surface area contributed by atoms with Gasteiger partial charge in [-0.15, -0.1) is 0 Å². The third-order valence-corrected chi connectivity index (χ3v) is 4.00. The lowest BCUT2D eigenvalue weighted by Gasteiger charge is -2.26. The van der Waals surface area contributed by atoms with Crippen LogP contribution >= 0.6 is 0 Å². The Bertz CT molecular complexity index is 489. The normalized spacial score (nSPS) is 18.7. The van der Waals surface area contributed by atoms with Gasteiger partial charge in [-0.2, -0.15) is 0 Å². The number of methoxy groups -OCH3 is 2. The summed E-state index contributed by atoms with van der Waals surface area (Å²) in [5.41, 5.74) is 1.16. The van der Waals surface area contributed by atoms with Crippen LogP contribution in [-0.4, -0.2) is 43.3 Å². The summed E-state index contributed by atoms with van der Waals surface area (Å²) in [6, 6.07) is 6.21. The quantitative estimate of drug-likeness (QED) is 0.837. The Balaban J connectivity index is 2.10. The van der Waals surface area contributed by atoms with Crippen molar-refractivity contribution >= 4 is 5.97 Å². The fourth-order valence-corrected chi connectivity index (χ4v) is 2.97. The Labute approximate surface area is 125 Å². The SMILES string of the molecule is COc1ccc([C@@H]2CCCN2CCCC(=O)O)c(OC)c1. The molecule has 0 aromatic heterocycles. The van der Waals surface area contributed by atoms with Crippen LogP contribution in [0.3, 0.4) is 0 Å². The van der Waals surface area contributed by atoms with Gasteiger partial charge >= 0.3 is 5.97 Å². The van der Waals surface area contributed by atoms with Crippen LogP contribution in [0, 0.1) is 0 Å². The molecule has 1 fully saturated rings. The maximum Gasteiger partial charge on any atom is 0.303 e. The molecule has 2 rings (SSSR count). The molecule has 1 N–H and O–H groups in total. The van der Waals surface area contributed by atoms with E-state index in [1.807, 2.05) is 12.1 Å². The van der Waals surface area contributed by atoms with Gasteiger partial charge in [-0.25, -0.2) is 0 Å². The number of hydrogen-bond acceptors (Lipinski definition) is 4. The largest absolute Gasteiger partial charge is 0.497 e. The van der Waals surface area contributed by atoms with Crippen molar-refractivity contribution in [2.45, 2.75) is 31.7 Å². The van der Waals surface area contributed by atoms with E-state index in [9.17, 15) is 4.79 Å². The van der Waals surface area contributed by atoms with E-state index in [2.05, 4.69) is 11.0 Å². The molecule has 1 saturated heterocycles. The molecule has 5 nitrogen and oxygen atoms in total. The predicted octanol–water partition coefficient (Wildman–Crippen LogP) is 2.71. The van der Waals surface area contributed by atoms with Gasteiger partial charge in [-0.05, 0) is 38.4 Å². The highest BCUT2D eigenvalue weighted by Crippen LogP contribution is 2.38. The Morgan fingerprint density at radius 1 is 1.38 bits per heavy atom. The van der Waals surface area contributed by atoms with Crippen LogP contribution in [0.4, 0.5) is 0 Å². The van der Waals surface area contributed by atoms with Crippen molar-refractivity contribution in [3.63, 3.8) is 0 Å². The van der Waals surface area contributed by atoms with Gasteiger partial charge in [-0.3, -0.25) is 9.69 Å². The molecule has 1 aliphatic heterocycles. The van der Waals surface area contributed by atoms with Gasteiger partial charge in [0.25, 0.3) is 0 Å². The smallest absolute Gasteiger partial charge is 0.303 e. The first-order chi connectivity index (χ1) is 10.2. The summed E-state index contributed by atoms with van der Waals surface area (Å²) in [6.07, 6.45) is 3.12. The molecule has 5 heteroatoms. The molecule has 1 aromatic rings. The van der Waals surface area contributed by atoms with Crippen molar-refractivity contribution in [2.24, 2.45) is 0 Å². The first-order valence-electron chi connectivity index (χ1n) is 7.33. The molecule has 0 saturated carbocycles. The molecule has 116 valence electrons. The zero-order chi connectivity index (χ0) is 15.2. The minimum atomic E-state index is -0.729. The van der Waals surface area contributed by atoms with E-state index in [-0.39, 0.29) is 6.42 Å². The van der Waals surface area contributed by atoms with Gasteiger partial charge in [0.15, 0.2) is 0 Å². The highest BCUT2D eigenvalue weighted by Gasteiger charge is 2.28. The number of carboxylic acids is 1. The number of aliphatic carboxylic acids is 1. The minimum absolute atomic E-state index is 0.225. The molecule has 1 heterocycles. The first kappa shape index (κ1) is 15.6. The third-order valence-electron chi connectivity index (χ3n) is 4.00. The van der Waals surface area contributed by atoms with Gasteiger partial charge in [-0.1, -0.05) is 6.07 Å². The fourth-order valence-electron chi connectivity index (χ4n) is 2.97. The van der Waals surface area contributed by atoms with Crippen molar-refractivity contribution in [3.8, 4) is 11.5 Å². The number of nitrogens with zero attached hydrogens (tertiary/aromatic N) is 1. The molecule has 0 radical (unpaired) electrons. The Kier molecular flexibility index (Phi) is 5.44. The highest BCUT2D eigenvalue weighted by atomic mass is 16.5. The van der Waals surface area contributed by atoms with Gasteiger partial charge in [0.05, 0.1) is 14.2 Å². The van der Waals surface area contributed by atoms with Crippen LogP contribution in [0.25, 0.3) is 0 Å². The van der Waals surface area contributed by atoms with Crippen molar-refractivity contribution < 1.29 is 19.4 Å². The molecule has 0 aliphatic carbocycles. The third kappa shape index (κ3) is 3.88. The zero-order valence-corrected chi connectivity index (χ0v) is 12.7. The average molecular weight is 293 g/mol. The molecule has 0 bridgehead atoms.